The van der Waals surface area contributed by atoms with Gasteiger partial charge in [-0.3, -0.25) is 14.4 Å². The molecule has 0 bridgehead atoms. The van der Waals surface area contributed by atoms with Crippen LogP contribution in [0.25, 0.3) is 5.76 Å². The van der Waals surface area contributed by atoms with Gasteiger partial charge in [0.05, 0.1) is 0 Å². The van der Waals surface area contributed by atoms with Gasteiger partial charge in [-0.1, -0.05) is 24.3 Å². The number of benzene rings is 1. The summed E-state index contributed by atoms with van der Waals surface area (Å²) in [5, 5.41) is 0. The van der Waals surface area contributed by atoms with Gasteiger partial charge in [-0.15, -0.1) is 11.8 Å². The van der Waals surface area contributed by atoms with Crippen LogP contribution in [0.15, 0.2) is 29.2 Å². The van der Waals surface area contributed by atoms with Crippen molar-refractivity contribution < 1.29 is 28.7 Å². The number of allylic oxidation sites excluding steroid dienone is 1. The summed E-state index contributed by atoms with van der Waals surface area (Å²) in [6, 6.07) is 7.11. The lowest BCUT2D eigenvalue weighted by Crippen LogP contribution is -2.51. The fourth-order valence-corrected chi connectivity index (χ4v) is 6.71. The second kappa shape index (κ2) is 9.82. The molecule has 0 N–H and O–H groups in total. The summed E-state index contributed by atoms with van der Waals surface area (Å²) >= 11 is 1.41. The number of Topliss-reactive ketones (excluding diaryl/α,β-unsaturated/α-hetero) is 2. The first-order chi connectivity index (χ1) is 17.6. The quantitative estimate of drug-likeness (QED) is 0.531. The second-order valence-electron chi connectivity index (χ2n) is 11.4. The van der Waals surface area contributed by atoms with Gasteiger partial charge >= 0.3 is 6.09 Å². The Morgan fingerprint density at radius 2 is 1.65 bits per heavy atom. The van der Waals surface area contributed by atoms with E-state index in [1.807, 2.05) is 37.8 Å². The van der Waals surface area contributed by atoms with Crippen LogP contribution in [0.1, 0.15) is 68.8 Å². The highest BCUT2D eigenvalue weighted by atomic mass is 32.2. The van der Waals surface area contributed by atoms with Gasteiger partial charge in [-0.05, 0) is 39.5 Å². The van der Waals surface area contributed by atoms with Crippen molar-refractivity contribution in [3.05, 3.63) is 40.3 Å². The maximum Gasteiger partial charge on any atom is 0.410 e. The minimum atomic E-state index is -0.512. The molecule has 37 heavy (non-hydrogen) atoms. The topological polar surface area (TPSA) is 93.2 Å². The first kappa shape index (κ1) is 25.8. The van der Waals surface area contributed by atoms with Crippen molar-refractivity contribution in [2.24, 2.45) is 5.92 Å². The average molecular weight is 527 g/mol. The molecule has 8 nitrogen and oxygen atoms in total. The number of fused-ring (bicyclic) bond motifs is 2. The summed E-state index contributed by atoms with van der Waals surface area (Å²) < 4.78 is 12.0. The van der Waals surface area contributed by atoms with E-state index in [1.54, 1.807) is 17.0 Å². The van der Waals surface area contributed by atoms with Gasteiger partial charge in [0.1, 0.15) is 21.9 Å². The minimum absolute atomic E-state index is 0.151. The number of hydrogen-bond donors (Lipinski definition) is 0. The lowest BCUT2D eigenvalue weighted by Gasteiger charge is -2.45. The summed E-state index contributed by atoms with van der Waals surface area (Å²) in [6.07, 6.45) is 3.17. The zero-order valence-corrected chi connectivity index (χ0v) is 22.5. The van der Waals surface area contributed by atoms with Crippen LogP contribution in [0, 0.1) is 5.92 Å². The first-order valence-corrected chi connectivity index (χ1v) is 14.0. The van der Waals surface area contributed by atoms with Gasteiger partial charge in [-0.25, -0.2) is 4.79 Å². The van der Waals surface area contributed by atoms with Crippen molar-refractivity contribution in [3.63, 3.8) is 0 Å². The van der Waals surface area contributed by atoms with E-state index in [1.165, 1.54) is 11.8 Å². The normalized spacial score (nSPS) is 21.9. The number of carbonyl (C=O) groups is 4. The summed E-state index contributed by atoms with van der Waals surface area (Å²) in [6.45, 7) is 8.02. The summed E-state index contributed by atoms with van der Waals surface area (Å²) in [7, 11) is 0. The van der Waals surface area contributed by atoms with Crippen molar-refractivity contribution >= 4 is 41.1 Å². The number of ether oxygens (including phenoxy) is 2. The van der Waals surface area contributed by atoms with Crippen LogP contribution in [-0.4, -0.2) is 76.5 Å². The highest BCUT2D eigenvalue weighted by molar-refractivity contribution is 8.04. The molecule has 3 heterocycles. The zero-order valence-electron chi connectivity index (χ0n) is 21.7. The number of carbonyl (C=O) groups excluding carboxylic acids is 4. The van der Waals surface area contributed by atoms with E-state index in [0.717, 1.165) is 12.8 Å². The third-order valence-electron chi connectivity index (χ3n) is 7.59. The van der Waals surface area contributed by atoms with Crippen LogP contribution in [0.5, 0.6) is 0 Å². The fourth-order valence-electron chi connectivity index (χ4n) is 5.44. The molecule has 4 aliphatic rings. The number of amides is 2. The summed E-state index contributed by atoms with van der Waals surface area (Å²) in [5.41, 5.74) is 0.119. The molecule has 0 atom stereocenters. The molecule has 1 aliphatic carbocycles. The Balaban J connectivity index is 1.15. The van der Waals surface area contributed by atoms with E-state index >= 15 is 0 Å². The largest absolute Gasteiger partial charge is 0.484 e. The Bertz CT molecular complexity index is 1150. The molecular weight excluding hydrogens is 492 g/mol. The van der Waals surface area contributed by atoms with Crippen molar-refractivity contribution in [1.29, 1.82) is 0 Å². The van der Waals surface area contributed by atoms with E-state index in [9.17, 15) is 19.2 Å². The smallest absolute Gasteiger partial charge is 0.410 e. The molecule has 1 aromatic rings. The lowest BCUT2D eigenvalue weighted by molar-refractivity contribution is -0.136. The molecule has 3 aliphatic heterocycles. The summed E-state index contributed by atoms with van der Waals surface area (Å²) in [4.78, 5) is 54.6. The monoisotopic (exact) mass is 526 g/mol. The van der Waals surface area contributed by atoms with Crippen molar-refractivity contribution in [3.8, 4) is 0 Å². The van der Waals surface area contributed by atoms with Gasteiger partial charge in [0, 0.05) is 62.3 Å². The van der Waals surface area contributed by atoms with E-state index in [0.29, 0.717) is 73.0 Å². The number of hydrogen-bond acceptors (Lipinski definition) is 7. The van der Waals surface area contributed by atoms with Gasteiger partial charge in [0.15, 0.2) is 0 Å². The zero-order chi connectivity index (χ0) is 26.4. The summed E-state index contributed by atoms with van der Waals surface area (Å²) in [5.74, 6) is 0.569. The van der Waals surface area contributed by atoms with Crippen LogP contribution in [0.3, 0.4) is 0 Å². The van der Waals surface area contributed by atoms with Crippen molar-refractivity contribution in [1.82, 2.24) is 9.80 Å². The average Bonchev–Trinajstić information content (AvgIpc) is 2.87. The predicted molar refractivity (Wildman–Crippen MR) is 140 cm³/mol. The number of likely N-dealkylation sites (tertiary alicyclic amines) is 2. The van der Waals surface area contributed by atoms with Crippen molar-refractivity contribution in [2.75, 3.05) is 31.9 Å². The van der Waals surface area contributed by atoms with E-state index in [2.05, 4.69) is 0 Å². The van der Waals surface area contributed by atoms with E-state index in [4.69, 9.17) is 9.47 Å². The Morgan fingerprint density at radius 1 is 1.00 bits per heavy atom. The van der Waals surface area contributed by atoms with Crippen molar-refractivity contribution in [2.45, 2.75) is 64.1 Å². The second-order valence-corrected chi connectivity index (χ2v) is 12.4. The molecule has 0 saturated carbocycles. The number of nitrogens with zero attached hydrogens (tertiary/aromatic N) is 2. The number of piperidine rings is 2. The van der Waals surface area contributed by atoms with Crippen LogP contribution in [0.4, 0.5) is 4.79 Å². The van der Waals surface area contributed by atoms with Crippen LogP contribution >= 0.6 is 11.8 Å². The highest BCUT2D eigenvalue weighted by Crippen LogP contribution is 2.47. The third-order valence-corrected chi connectivity index (χ3v) is 8.92. The molecule has 1 aromatic carbocycles. The van der Waals surface area contributed by atoms with Crippen LogP contribution in [0.2, 0.25) is 0 Å². The number of ketones is 2. The Labute approximate surface area is 221 Å². The molecule has 1 spiro atoms. The lowest BCUT2D eigenvalue weighted by atomic mass is 9.89. The molecule has 2 fully saturated rings. The maximum absolute atomic E-state index is 13.1. The van der Waals surface area contributed by atoms with E-state index in [-0.39, 0.29) is 17.9 Å². The van der Waals surface area contributed by atoms with E-state index < -0.39 is 22.8 Å². The third kappa shape index (κ3) is 5.28. The molecule has 0 radical (unpaired) electrons. The maximum atomic E-state index is 13.1. The molecule has 2 amide bonds. The predicted octanol–water partition coefficient (Wildman–Crippen LogP) is 4.28. The molecule has 9 heteroatoms. The van der Waals surface area contributed by atoms with Crippen LogP contribution < -0.4 is 0 Å². The van der Waals surface area contributed by atoms with Gasteiger partial charge < -0.3 is 19.3 Å². The SMILES string of the molecule is CC(C)(C)OC(=O)N1CCC(CC(=O)N2CCC3(CC2)CSC2=C(O3)c3ccccc3C(=O)C2=O)CC1. The Morgan fingerprint density at radius 3 is 2.30 bits per heavy atom. The standard InChI is InChI=1S/C28H34N2O6S/c1-27(2,3)36-26(34)30-12-8-18(9-13-30)16-21(31)29-14-10-28(11-15-29)17-37-25-23(33)22(32)19-6-4-5-7-20(19)24(25)35-28/h4-7,18H,8-17H2,1-3H3. The van der Waals surface area contributed by atoms with Gasteiger partial charge in [-0.2, -0.15) is 0 Å². The molecule has 2 saturated heterocycles. The van der Waals surface area contributed by atoms with Gasteiger partial charge in [0.2, 0.25) is 17.5 Å². The van der Waals surface area contributed by atoms with Crippen LogP contribution in [-0.2, 0) is 19.1 Å². The number of thioether (sulfide) groups is 1. The molecule has 0 aromatic heterocycles. The fraction of sp³-hybridized carbons (Fsp3) is 0.571. The first-order valence-electron chi connectivity index (χ1n) is 13.1. The molecule has 198 valence electrons. The molecule has 0 unspecified atom stereocenters. The Hall–Kier alpha value is -2.81. The Kier molecular flexibility index (Phi) is 6.85. The highest BCUT2D eigenvalue weighted by Gasteiger charge is 2.46. The van der Waals surface area contributed by atoms with Gasteiger partial charge in [0.25, 0.3) is 0 Å². The number of rotatable bonds is 2. The molecule has 5 rings (SSSR count). The minimum Gasteiger partial charge on any atom is -0.484 e. The molecular formula is C28H34N2O6S.